The Morgan fingerprint density at radius 2 is 1.65 bits per heavy atom. The van der Waals surface area contributed by atoms with Gasteiger partial charge in [0.1, 0.15) is 0 Å². The molecule has 4 nitrogen and oxygen atoms in total. The first-order chi connectivity index (χ1) is 7.82. The molecule has 0 spiro atoms. The molecular formula is C13H16O4. The molecule has 0 heterocycles. The number of rotatable bonds is 1. The highest BCUT2D eigenvalue weighted by molar-refractivity contribution is 5.91. The first kappa shape index (κ1) is 13.2. The zero-order valence-corrected chi connectivity index (χ0v) is 10.4. The Hall–Kier alpha value is -1.84. The van der Waals surface area contributed by atoms with Crippen LogP contribution in [0.2, 0.25) is 0 Å². The van der Waals surface area contributed by atoms with Gasteiger partial charge in [0.15, 0.2) is 0 Å². The number of benzene rings is 1. The molecule has 0 aliphatic heterocycles. The van der Waals surface area contributed by atoms with Gasteiger partial charge in [-0.2, -0.15) is 0 Å². The van der Waals surface area contributed by atoms with Crippen LogP contribution in [-0.4, -0.2) is 11.9 Å². The first-order valence-electron chi connectivity index (χ1n) is 5.31. The minimum absolute atomic E-state index is 0.189. The fourth-order valence-corrected chi connectivity index (χ4v) is 1.46. The van der Waals surface area contributed by atoms with E-state index in [1.165, 1.54) is 6.92 Å². The molecule has 0 aromatic heterocycles. The standard InChI is InChI=1S/C13H16O4/c1-9(14)16-17-12(15)10-7-5-6-8-11(10)13(2,3)4/h5-8H,1-4H3. The van der Waals surface area contributed by atoms with Gasteiger partial charge in [-0.1, -0.05) is 39.0 Å². The summed E-state index contributed by atoms with van der Waals surface area (Å²) in [5, 5.41) is 0. The molecule has 4 heteroatoms. The average Bonchev–Trinajstić information content (AvgIpc) is 2.24. The van der Waals surface area contributed by atoms with Gasteiger partial charge in [-0.05, 0) is 17.0 Å². The molecule has 0 fully saturated rings. The molecule has 0 saturated heterocycles. The highest BCUT2D eigenvalue weighted by Crippen LogP contribution is 2.26. The van der Waals surface area contributed by atoms with Crippen molar-refractivity contribution < 1.29 is 19.4 Å². The Morgan fingerprint density at radius 1 is 1.06 bits per heavy atom. The van der Waals surface area contributed by atoms with Crippen LogP contribution >= 0.6 is 0 Å². The SMILES string of the molecule is CC(=O)OOC(=O)c1ccccc1C(C)(C)C. The van der Waals surface area contributed by atoms with Crippen molar-refractivity contribution in [2.75, 3.05) is 0 Å². The van der Waals surface area contributed by atoms with Crippen LogP contribution in [0.3, 0.4) is 0 Å². The lowest BCUT2D eigenvalue weighted by molar-refractivity contribution is -0.231. The second kappa shape index (κ2) is 4.99. The Kier molecular flexibility index (Phi) is 3.89. The van der Waals surface area contributed by atoms with Crippen molar-refractivity contribution >= 4 is 11.9 Å². The zero-order chi connectivity index (χ0) is 13.1. The molecule has 0 amide bonds. The highest BCUT2D eigenvalue weighted by atomic mass is 17.2. The molecule has 0 aliphatic rings. The van der Waals surface area contributed by atoms with Gasteiger partial charge in [-0.25, -0.2) is 19.4 Å². The van der Waals surface area contributed by atoms with E-state index in [0.29, 0.717) is 5.56 Å². The first-order valence-corrected chi connectivity index (χ1v) is 5.31. The average molecular weight is 236 g/mol. The van der Waals surface area contributed by atoms with Gasteiger partial charge in [-0.3, -0.25) is 0 Å². The van der Waals surface area contributed by atoms with Crippen LogP contribution in [0.4, 0.5) is 0 Å². The summed E-state index contributed by atoms with van der Waals surface area (Å²) >= 11 is 0. The summed E-state index contributed by atoms with van der Waals surface area (Å²) in [6.45, 7) is 7.14. The topological polar surface area (TPSA) is 52.6 Å². The summed E-state index contributed by atoms with van der Waals surface area (Å²) in [5.74, 6) is -1.32. The predicted molar refractivity (Wildman–Crippen MR) is 62.3 cm³/mol. The van der Waals surface area contributed by atoms with Crippen molar-refractivity contribution in [2.45, 2.75) is 33.1 Å². The molecule has 0 radical (unpaired) electrons. The molecule has 92 valence electrons. The molecular weight excluding hydrogens is 220 g/mol. The lowest BCUT2D eigenvalue weighted by Crippen LogP contribution is -2.18. The number of carbonyl (C=O) groups is 2. The van der Waals surface area contributed by atoms with E-state index in [1.54, 1.807) is 12.1 Å². The minimum Gasteiger partial charge on any atom is -0.248 e. The number of carbonyl (C=O) groups excluding carboxylic acids is 2. The molecule has 0 bridgehead atoms. The number of hydrogen-bond donors (Lipinski definition) is 0. The summed E-state index contributed by atoms with van der Waals surface area (Å²) in [4.78, 5) is 31.0. The third kappa shape index (κ3) is 3.59. The Balaban J connectivity index is 2.98. The van der Waals surface area contributed by atoms with Crippen LogP contribution in [-0.2, 0) is 20.0 Å². The van der Waals surface area contributed by atoms with Gasteiger partial charge in [0.05, 0.1) is 5.56 Å². The van der Waals surface area contributed by atoms with E-state index < -0.39 is 11.9 Å². The second-order valence-electron chi connectivity index (χ2n) is 4.74. The van der Waals surface area contributed by atoms with E-state index in [0.717, 1.165) is 5.56 Å². The van der Waals surface area contributed by atoms with Crippen LogP contribution in [0.25, 0.3) is 0 Å². The van der Waals surface area contributed by atoms with Crippen molar-refractivity contribution in [1.29, 1.82) is 0 Å². The molecule has 17 heavy (non-hydrogen) atoms. The van der Waals surface area contributed by atoms with Gasteiger partial charge >= 0.3 is 11.9 Å². The van der Waals surface area contributed by atoms with Crippen molar-refractivity contribution in [3.8, 4) is 0 Å². The third-order valence-electron chi connectivity index (χ3n) is 2.19. The monoisotopic (exact) mass is 236 g/mol. The maximum Gasteiger partial charge on any atom is 0.386 e. The summed E-state index contributed by atoms with van der Waals surface area (Å²) in [5.41, 5.74) is 1.06. The van der Waals surface area contributed by atoms with Crippen molar-refractivity contribution in [2.24, 2.45) is 0 Å². The molecule has 1 aromatic rings. The Bertz CT molecular complexity index is 429. The molecule has 0 N–H and O–H groups in total. The quantitative estimate of drug-likeness (QED) is 0.555. The van der Waals surface area contributed by atoms with Gasteiger partial charge in [0, 0.05) is 6.92 Å². The van der Waals surface area contributed by atoms with Gasteiger partial charge in [0.2, 0.25) is 0 Å². The summed E-state index contributed by atoms with van der Waals surface area (Å²) in [6, 6.07) is 7.08. The molecule has 0 unspecified atom stereocenters. The third-order valence-corrected chi connectivity index (χ3v) is 2.19. The maximum atomic E-state index is 11.7. The second-order valence-corrected chi connectivity index (χ2v) is 4.74. The van der Waals surface area contributed by atoms with Crippen LogP contribution in [0.5, 0.6) is 0 Å². The van der Waals surface area contributed by atoms with E-state index in [1.807, 2.05) is 32.9 Å². The Labute approximate surface area is 100 Å². The predicted octanol–water partition coefficient (Wildman–Crippen LogP) is 2.62. The lowest BCUT2D eigenvalue weighted by Gasteiger charge is -2.21. The van der Waals surface area contributed by atoms with E-state index >= 15 is 0 Å². The lowest BCUT2D eigenvalue weighted by atomic mass is 9.84. The normalized spacial score (nSPS) is 10.8. The van der Waals surface area contributed by atoms with E-state index in [-0.39, 0.29) is 5.41 Å². The highest BCUT2D eigenvalue weighted by Gasteiger charge is 2.23. The van der Waals surface area contributed by atoms with Crippen molar-refractivity contribution in [3.05, 3.63) is 35.4 Å². The fourth-order valence-electron chi connectivity index (χ4n) is 1.46. The Morgan fingerprint density at radius 3 is 2.18 bits per heavy atom. The molecule has 0 saturated carbocycles. The van der Waals surface area contributed by atoms with Crippen molar-refractivity contribution in [1.82, 2.24) is 0 Å². The number of hydrogen-bond acceptors (Lipinski definition) is 4. The van der Waals surface area contributed by atoms with Gasteiger partial charge < -0.3 is 0 Å². The van der Waals surface area contributed by atoms with Crippen LogP contribution in [0.15, 0.2) is 24.3 Å². The van der Waals surface area contributed by atoms with Gasteiger partial charge in [0.25, 0.3) is 0 Å². The molecule has 0 atom stereocenters. The van der Waals surface area contributed by atoms with Crippen LogP contribution < -0.4 is 0 Å². The smallest absolute Gasteiger partial charge is 0.248 e. The van der Waals surface area contributed by atoms with Crippen LogP contribution in [0, 0.1) is 0 Å². The molecule has 0 aliphatic carbocycles. The molecule has 1 rings (SSSR count). The summed E-state index contributed by atoms with van der Waals surface area (Å²) in [7, 11) is 0. The van der Waals surface area contributed by atoms with Crippen molar-refractivity contribution in [3.63, 3.8) is 0 Å². The van der Waals surface area contributed by atoms with E-state index in [4.69, 9.17) is 0 Å². The molecule has 1 aromatic carbocycles. The minimum atomic E-state index is -0.661. The van der Waals surface area contributed by atoms with Crippen LogP contribution in [0.1, 0.15) is 43.6 Å². The van der Waals surface area contributed by atoms with E-state index in [2.05, 4.69) is 9.78 Å². The van der Waals surface area contributed by atoms with E-state index in [9.17, 15) is 9.59 Å². The summed E-state index contributed by atoms with van der Waals surface area (Å²) < 4.78 is 0. The summed E-state index contributed by atoms with van der Waals surface area (Å²) in [6.07, 6.45) is 0. The fraction of sp³-hybridized carbons (Fsp3) is 0.385. The zero-order valence-electron chi connectivity index (χ0n) is 10.4. The van der Waals surface area contributed by atoms with Gasteiger partial charge in [-0.15, -0.1) is 0 Å². The maximum absolute atomic E-state index is 11.7. The largest absolute Gasteiger partial charge is 0.386 e.